The number of aromatic nitrogens is 2. The van der Waals surface area contributed by atoms with Gasteiger partial charge in [0.05, 0.1) is 34.3 Å². The van der Waals surface area contributed by atoms with E-state index in [0.29, 0.717) is 93.0 Å². The second-order valence-corrected chi connectivity index (χ2v) is 22.1. The van der Waals surface area contributed by atoms with Crippen molar-refractivity contribution in [1.82, 2.24) is 39.6 Å². The van der Waals surface area contributed by atoms with Crippen molar-refractivity contribution in [2.45, 2.75) is 102 Å². The van der Waals surface area contributed by atoms with Gasteiger partial charge in [0.15, 0.2) is 0 Å². The first-order valence-corrected chi connectivity index (χ1v) is 25.9. The number of rotatable bonds is 11. The molecule has 382 valence electrons. The number of carbonyl (C=O) groups is 5. The highest BCUT2D eigenvalue weighted by atomic mass is 19.1. The van der Waals surface area contributed by atoms with Crippen LogP contribution in [0.3, 0.4) is 0 Å². The summed E-state index contributed by atoms with van der Waals surface area (Å²) in [4.78, 5) is 91.9. The summed E-state index contributed by atoms with van der Waals surface area (Å²) in [5, 5.41) is 7.99. The fourth-order valence-electron chi connectivity index (χ4n) is 11.6. The highest BCUT2D eigenvalue weighted by molar-refractivity contribution is 5.95. The molecule has 6 heterocycles. The molecule has 0 radical (unpaired) electrons. The Balaban J connectivity index is 0.676. The Bertz CT molecular complexity index is 2770. The number of piperazine rings is 2. The Labute approximate surface area is 419 Å². The van der Waals surface area contributed by atoms with E-state index >= 15 is 4.39 Å². The van der Waals surface area contributed by atoms with Crippen LogP contribution in [-0.4, -0.2) is 172 Å². The van der Waals surface area contributed by atoms with Crippen LogP contribution in [0.2, 0.25) is 0 Å². The number of H-pyrrole nitrogens is 1. The minimum Gasteiger partial charge on any atom is -0.444 e. The van der Waals surface area contributed by atoms with Gasteiger partial charge in [-0.1, -0.05) is 36.4 Å². The van der Waals surface area contributed by atoms with Crippen molar-refractivity contribution >= 4 is 40.5 Å². The Hall–Kier alpha value is -6.20. The molecule has 11 rings (SSSR count). The van der Waals surface area contributed by atoms with Crippen LogP contribution >= 0.6 is 0 Å². The summed E-state index contributed by atoms with van der Waals surface area (Å²) in [5.41, 5.74) is 1.11. The van der Waals surface area contributed by atoms with Gasteiger partial charge < -0.3 is 29.1 Å². The number of fused-ring (bicyclic) bond motifs is 4. The fourth-order valence-corrected chi connectivity index (χ4v) is 11.6. The van der Waals surface area contributed by atoms with E-state index in [9.17, 15) is 28.8 Å². The van der Waals surface area contributed by atoms with Crippen molar-refractivity contribution in [1.29, 1.82) is 0 Å². The maximum atomic E-state index is 15.2. The molecule has 72 heavy (non-hydrogen) atoms. The van der Waals surface area contributed by atoms with Gasteiger partial charge in [-0.15, -0.1) is 0 Å². The Morgan fingerprint density at radius 3 is 2.18 bits per heavy atom. The van der Waals surface area contributed by atoms with E-state index in [4.69, 9.17) is 9.47 Å². The predicted molar refractivity (Wildman–Crippen MR) is 267 cm³/mol. The second kappa shape index (κ2) is 20.0. The van der Waals surface area contributed by atoms with Crippen molar-refractivity contribution < 1.29 is 37.8 Å². The van der Waals surface area contributed by atoms with Gasteiger partial charge in [-0.05, 0) is 114 Å². The summed E-state index contributed by atoms with van der Waals surface area (Å²) in [5.74, 6) is -0.946. The molecule has 7 aliphatic rings. The maximum absolute atomic E-state index is 15.2. The molecule has 3 aromatic carbocycles. The molecular formula is C55H67FN8O8. The van der Waals surface area contributed by atoms with Crippen LogP contribution in [0.4, 0.5) is 9.18 Å². The third-order valence-electron chi connectivity index (χ3n) is 16.0. The van der Waals surface area contributed by atoms with E-state index in [1.165, 1.54) is 6.07 Å². The van der Waals surface area contributed by atoms with Gasteiger partial charge in [0, 0.05) is 101 Å². The number of likely N-dealkylation sites (tertiary alicyclic amines) is 1. The van der Waals surface area contributed by atoms with E-state index < -0.39 is 28.8 Å². The number of hydrogen-bond acceptors (Lipinski definition) is 10. The van der Waals surface area contributed by atoms with Gasteiger partial charge in [0.25, 0.3) is 17.4 Å². The van der Waals surface area contributed by atoms with E-state index in [2.05, 4.69) is 15.1 Å². The molecule has 1 aromatic heterocycles. The van der Waals surface area contributed by atoms with Crippen LogP contribution in [0.15, 0.2) is 71.5 Å². The lowest BCUT2D eigenvalue weighted by atomic mass is 9.65. The number of carbonyl (C=O) groups excluding carboxylic acids is 5. The molecule has 1 atom stereocenters. The average molecular weight is 987 g/mol. The Morgan fingerprint density at radius 1 is 0.792 bits per heavy atom. The molecule has 5 saturated heterocycles. The Morgan fingerprint density at radius 2 is 1.49 bits per heavy atom. The van der Waals surface area contributed by atoms with Crippen LogP contribution in [0.1, 0.15) is 116 Å². The standard InChI is InChI=1S/C55H67FN8O8/c1-53(2,3)72-52(70)64(41-14-15-41)34-47(65)63-21-7-10-40(33-63)38-8-6-9-39(32-38)49(67)60-24-22-59(23-25-60)35-55-19-17-54(18-20-55,36-71-55)51(69)62-28-26-61(27-29-62)50(68)44-30-37(13-16-45(44)56)31-46-42-11-4-5-12-43(42)48(66)58-57-46/h4-6,8-9,11-13,16,30,32,40-41H,7,10,14-15,17-29,31,33-36H2,1-3H3,(H,58,66). The van der Waals surface area contributed by atoms with E-state index in [1.54, 1.807) is 34.1 Å². The van der Waals surface area contributed by atoms with Crippen molar-refractivity contribution in [3.63, 3.8) is 0 Å². The van der Waals surface area contributed by atoms with Crippen molar-refractivity contribution in [3.05, 3.63) is 111 Å². The summed E-state index contributed by atoms with van der Waals surface area (Å²) in [7, 11) is 0. The van der Waals surface area contributed by atoms with Crippen LogP contribution in [0.5, 0.6) is 0 Å². The molecule has 2 aliphatic carbocycles. The summed E-state index contributed by atoms with van der Waals surface area (Å²) in [6.07, 6.45) is 6.39. The zero-order valence-electron chi connectivity index (χ0n) is 41.8. The monoisotopic (exact) mass is 987 g/mol. The number of ether oxygens (including phenoxy) is 2. The minimum absolute atomic E-state index is 0.00296. The van der Waals surface area contributed by atoms with Gasteiger partial charge >= 0.3 is 6.09 Å². The third kappa shape index (κ3) is 10.5. The molecule has 17 heteroatoms. The molecule has 16 nitrogen and oxygen atoms in total. The van der Waals surface area contributed by atoms with Crippen molar-refractivity contribution in [2.75, 3.05) is 85.1 Å². The number of benzene rings is 3. The van der Waals surface area contributed by atoms with Crippen LogP contribution in [0, 0.1) is 11.2 Å². The number of nitrogens with zero attached hydrogens (tertiary/aromatic N) is 7. The molecule has 5 aliphatic heterocycles. The second-order valence-electron chi connectivity index (χ2n) is 22.1. The lowest BCUT2D eigenvalue weighted by Gasteiger charge is -2.55. The highest BCUT2D eigenvalue weighted by Crippen LogP contribution is 2.50. The maximum Gasteiger partial charge on any atom is 0.411 e. The normalized spacial score (nSPS) is 23.8. The first kappa shape index (κ1) is 49.4. The zero-order valence-corrected chi connectivity index (χ0v) is 41.8. The molecule has 2 saturated carbocycles. The molecule has 5 amide bonds. The highest BCUT2D eigenvalue weighted by Gasteiger charge is 2.55. The zero-order chi connectivity index (χ0) is 50.4. The molecular weight excluding hydrogens is 920 g/mol. The molecule has 1 unspecified atom stereocenters. The lowest BCUT2D eigenvalue weighted by Crippen LogP contribution is -2.63. The summed E-state index contributed by atoms with van der Waals surface area (Å²) < 4.78 is 27.5. The van der Waals surface area contributed by atoms with Gasteiger partial charge in [-0.3, -0.25) is 33.8 Å². The Kier molecular flexibility index (Phi) is 13.7. The van der Waals surface area contributed by atoms with Crippen LogP contribution in [-0.2, 0) is 25.5 Å². The number of nitrogens with one attached hydrogen (secondary N) is 1. The third-order valence-corrected chi connectivity index (χ3v) is 16.0. The SMILES string of the molecule is CC(C)(C)OC(=O)N(CC(=O)N1CCCC(c2cccc(C(=O)N3CCN(CC45CCC(C(=O)N6CCN(C(=O)c7cc(Cc8n[nH]c(=O)c9ccccc89)ccc7F)CC6)(CC4)CO5)CC3)c2)C1)C1CC1. The molecule has 4 aromatic rings. The summed E-state index contributed by atoms with van der Waals surface area (Å²) >= 11 is 0. The van der Waals surface area contributed by atoms with E-state index in [1.807, 2.05) is 71.9 Å². The number of piperidine rings is 1. The van der Waals surface area contributed by atoms with Gasteiger partial charge in [0.1, 0.15) is 18.0 Å². The predicted octanol–water partition coefficient (Wildman–Crippen LogP) is 5.83. The first-order chi connectivity index (χ1) is 34.6. The quantitative estimate of drug-likeness (QED) is 0.193. The average Bonchev–Trinajstić information content (AvgIpc) is 4.25. The van der Waals surface area contributed by atoms with Gasteiger partial charge in [-0.2, -0.15) is 5.10 Å². The number of hydrogen-bond donors (Lipinski definition) is 1. The van der Waals surface area contributed by atoms with Crippen LogP contribution < -0.4 is 5.56 Å². The fraction of sp³-hybridized carbons (Fsp3) is 0.545. The van der Waals surface area contributed by atoms with Crippen molar-refractivity contribution in [3.8, 4) is 0 Å². The largest absolute Gasteiger partial charge is 0.444 e. The molecule has 0 spiro atoms. The summed E-state index contributed by atoms with van der Waals surface area (Å²) in [6.45, 7) is 11.7. The lowest BCUT2D eigenvalue weighted by molar-refractivity contribution is -0.203. The molecule has 2 bridgehead atoms. The topological polar surface area (TPSA) is 169 Å². The first-order valence-electron chi connectivity index (χ1n) is 25.9. The molecule has 1 N–H and O–H groups in total. The van der Waals surface area contributed by atoms with Crippen molar-refractivity contribution in [2.24, 2.45) is 5.41 Å². The molecule has 7 fully saturated rings. The minimum atomic E-state index is -0.638. The van der Waals surface area contributed by atoms with Crippen LogP contribution in [0.25, 0.3) is 10.8 Å². The van der Waals surface area contributed by atoms with E-state index in [0.717, 1.165) is 76.6 Å². The smallest absolute Gasteiger partial charge is 0.411 e. The van der Waals surface area contributed by atoms with E-state index in [-0.39, 0.29) is 52.9 Å². The number of amides is 5. The summed E-state index contributed by atoms with van der Waals surface area (Å²) in [6, 6.07) is 19.6. The van der Waals surface area contributed by atoms with Gasteiger partial charge in [-0.25, -0.2) is 14.3 Å². The number of aromatic amines is 1. The van der Waals surface area contributed by atoms with Gasteiger partial charge in [0.2, 0.25) is 11.8 Å². The number of halogens is 1.